The highest BCUT2D eigenvalue weighted by atomic mass is 19.3. The maximum atomic E-state index is 12.8. The topological polar surface area (TPSA) is 56.2 Å². The van der Waals surface area contributed by atoms with Crippen LogP contribution in [-0.2, 0) is 0 Å². The third-order valence-electron chi connectivity index (χ3n) is 2.28. The number of nitrogens with zero attached hydrogens (tertiary/aromatic N) is 4. The predicted molar refractivity (Wildman–Crippen MR) is 53.4 cm³/mol. The predicted octanol–water partition coefficient (Wildman–Crippen LogP) is 2.32. The van der Waals surface area contributed by atoms with Gasteiger partial charge in [-0.05, 0) is 18.2 Å². The number of furan rings is 1. The number of halogens is 2. The van der Waals surface area contributed by atoms with E-state index in [2.05, 4.69) is 15.1 Å². The van der Waals surface area contributed by atoms with E-state index in [1.807, 2.05) is 0 Å². The molecule has 3 rings (SSSR count). The Bertz CT molecular complexity index is 647. The smallest absolute Gasteiger partial charge is 0.280 e. The molecule has 0 amide bonds. The van der Waals surface area contributed by atoms with E-state index in [1.165, 1.54) is 18.7 Å². The number of aromatic nitrogens is 4. The van der Waals surface area contributed by atoms with E-state index in [0.29, 0.717) is 11.5 Å². The van der Waals surface area contributed by atoms with Crippen LogP contribution in [0.15, 0.2) is 35.2 Å². The molecular formula is C10H6F2N4O. The van der Waals surface area contributed by atoms with Crippen molar-refractivity contribution in [2.24, 2.45) is 0 Å². The lowest BCUT2D eigenvalue weighted by atomic mass is 10.2. The Kier molecular flexibility index (Phi) is 2.10. The van der Waals surface area contributed by atoms with Crippen LogP contribution in [0.3, 0.4) is 0 Å². The average Bonchev–Trinajstić information content (AvgIpc) is 2.98. The van der Waals surface area contributed by atoms with E-state index in [-0.39, 0.29) is 11.5 Å². The van der Waals surface area contributed by atoms with Gasteiger partial charge in [0.15, 0.2) is 5.76 Å². The van der Waals surface area contributed by atoms with Gasteiger partial charge in [-0.25, -0.2) is 13.8 Å². The molecule has 0 atom stereocenters. The zero-order chi connectivity index (χ0) is 11.8. The van der Waals surface area contributed by atoms with Crippen molar-refractivity contribution in [2.45, 2.75) is 6.43 Å². The molecule has 0 bridgehead atoms. The van der Waals surface area contributed by atoms with Gasteiger partial charge in [-0.15, -0.1) is 0 Å². The SMILES string of the molecule is FC(F)c1cc(-c2ccco2)nc2ncnn12. The molecule has 0 aromatic carbocycles. The molecule has 0 radical (unpaired) electrons. The highest BCUT2D eigenvalue weighted by Gasteiger charge is 2.17. The maximum absolute atomic E-state index is 12.8. The Morgan fingerprint density at radius 2 is 2.24 bits per heavy atom. The Hall–Kier alpha value is -2.31. The van der Waals surface area contributed by atoms with Gasteiger partial charge in [0.05, 0.1) is 6.26 Å². The summed E-state index contributed by atoms with van der Waals surface area (Å²) in [5, 5.41) is 3.69. The lowest BCUT2D eigenvalue weighted by molar-refractivity contribution is 0.143. The van der Waals surface area contributed by atoms with Crippen molar-refractivity contribution in [3.8, 4) is 11.5 Å². The van der Waals surface area contributed by atoms with Crippen molar-refractivity contribution in [2.75, 3.05) is 0 Å². The van der Waals surface area contributed by atoms with Crippen LogP contribution in [0.1, 0.15) is 12.1 Å². The molecule has 0 fully saturated rings. The van der Waals surface area contributed by atoms with Gasteiger partial charge in [-0.3, -0.25) is 0 Å². The monoisotopic (exact) mass is 236 g/mol. The molecule has 0 saturated carbocycles. The molecule has 86 valence electrons. The summed E-state index contributed by atoms with van der Waals surface area (Å²) in [5.74, 6) is 0.534. The molecule has 0 aliphatic rings. The summed E-state index contributed by atoms with van der Waals surface area (Å²) in [4.78, 5) is 7.88. The van der Waals surface area contributed by atoms with Crippen LogP contribution in [0.25, 0.3) is 17.2 Å². The lowest BCUT2D eigenvalue weighted by Gasteiger charge is -2.04. The summed E-state index contributed by atoms with van der Waals surface area (Å²) in [6.45, 7) is 0. The van der Waals surface area contributed by atoms with Crippen LogP contribution >= 0.6 is 0 Å². The van der Waals surface area contributed by atoms with E-state index < -0.39 is 6.43 Å². The van der Waals surface area contributed by atoms with Gasteiger partial charge in [0, 0.05) is 0 Å². The minimum atomic E-state index is -2.66. The first-order valence-corrected chi connectivity index (χ1v) is 4.78. The first kappa shape index (κ1) is 9.88. The zero-order valence-corrected chi connectivity index (χ0v) is 8.42. The normalized spacial score (nSPS) is 11.5. The van der Waals surface area contributed by atoms with Gasteiger partial charge in [-0.2, -0.15) is 14.6 Å². The molecule has 0 saturated heterocycles. The van der Waals surface area contributed by atoms with Crippen molar-refractivity contribution in [3.63, 3.8) is 0 Å². The minimum Gasteiger partial charge on any atom is -0.463 e. The molecular weight excluding hydrogens is 230 g/mol. The van der Waals surface area contributed by atoms with E-state index in [9.17, 15) is 8.78 Å². The lowest BCUT2D eigenvalue weighted by Crippen LogP contribution is -2.02. The maximum Gasteiger partial charge on any atom is 0.280 e. The zero-order valence-electron chi connectivity index (χ0n) is 8.42. The third-order valence-corrected chi connectivity index (χ3v) is 2.28. The number of hydrogen-bond donors (Lipinski definition) is 0. The molecule has 0 aliphatic carbocycles. The fourth-order valence-electron chi connectivity index (χ4n) is 1.54. The van der Waals surface area contributed by atoms with Crippen molar-refractivity contribution >= 4 is 5.78 Å². The Balaban J connectivity index is 2.27. The van der Waals surface area contributed by atoms with E-state index in [4.69, 9.17) is 4.42 Å². The highest BCUT2D eigenvalue weighted by Crippen LogP contribution is 2.24. The van der Waals surface area contributed by atoms with Gasteiger partial charge in [0.1, 0.15) is 17.7 Å². The van der Waals surface area contributed by atoms with E-state index >= 15 is 0 Å². The molecule has 3 aromatic rings. The van der Waals surface area contributed by atoms with Crippen molar-refractivity contribution < 1.29 is 13.2 Å². The van der Waals surface area contributed by atoms with Gasteiger partial charge in [0.25, 0.3) is 12.2 Å². The summed E-state index contributed by atoms with van der Waals surface area (Å²) in [7, 11) is 0. The molecule has 0 unspecified atom stereocenters. The number of fused-ring (bicyclic) bond motifs is 1. The largest absolute Gasteiger partial charge is 0.463 e. The van der Waals surface area contributed by atoms with Crippen LogP contribution in [0.4, 0.5) is 8.78 Å². The Morgan fingerprint density at radius 3 is 2.94 bits per heavy atom. The van der Waals surface area contributed by atoms with E-state index in [0.717, 1.165) is 4.52 Å². The molecule has 0 aliphatic heterocycles. The summed E-state index contributed by atoms with van der Waals surface area (Å²) in [6, 6.07) is 4.54. The summed E-state index contributed by atoms with van der Waals surface area (Å²) in [5.41, 5.74) is 0.0460. The van der Waals surface area contributed by atoms with Gasteiger partial charge in [0.2, 0.25) is 0 Å². The van der Waals surface area contributed by atoms with Crippen molar-refractivity contribution in [3.05, 3.63) is 36.5 Å². The van der Waals surface area contributed by atoms with Crippen LogP contribution in [0, 0.1) is 0 Å². The summed E-state index contributed by atoms with van der Waals surface area (Å²) in [6.07, 6.45) is -0.0244. The molecule has 3 aromatic heterocycles. The first-order chi connectivity index (χ1) is 8.25. The number of hydrogen-bond acceptors (Lipinski definition) is 4. The second-order valence-corrected chi connectivity index (χ2v) is 3.32. The van der Waals surface area contributed by atoms with Crippen LogP contribution in [0.5, 0.6) is 0 Å². The number of alkyl halides is 2. The van der Waals surface area contributed by atoms with E-state index in [1.54, 1.807) is 12.1 Å². The van der Waals surface area contributed by atoms with Crippen LogP contribution in [-0.4, -0.2) is 19.6 Å². The van der Waals surface area contributed by atoms with Crippen molar-refractivity contribution in [1.82, 2.24) is 19.6 Å². The summed E-state index contributed by atoms with van der Waals surface area (Å²) < 4.78 is 31.8. The van der Waals surface area contributed by atoms with Crippen molar-refractivity contribution in [1.29, 1.82) is 0 Å². The van der Waals surface area contributed by atoms with Gasteiger partial charge in [-0.1, -0.05) is 0 Å². The minimum absolute atomic E-state index is 0.120. The van der Waals surface area contributed by atoms with Gasteiger partial charge >= 0.3 is 0 Å². The van der Waals surface area contributed by atoms with Crippen LogP contribution < -0.4 is 0 Å². The standard InChI is InChI=1S/C10H6F2N4O/c11-9(12)7-4-6(8-2-1-3-17-8)15-10-13-5-14-16(7)10/h1-5,9H. The second-order valence-electron chi connectivity index (χ2n) is 3.32. The molecule has 3 heterocycles. The summed E-state index contributed by atoms with van der Waals surface area (Å²) >= 11 is 0. The average molecular weight is 236 g/mol. The van der Waals surface area contributed by atoms with Crippen LogP contribution in [0.2, 0.25) is 0 Å². The molecule has 5 nitrogen and oxygen atoms in total. The Labute approximate surface area is 93.7 Å². The molecule has 17 heavy (non-hydrogen) atoms. The quantitative estimate of drug-likeness (QED) is 0.685. The molecule has 7 heteroatoms. The highest BCUT2D eigenvalue weighted by molar-refractivity contribution is 5.55. The third kappa shape index (κ3) is 1.55. The van der Waals surface area contributed by atoms with Gasteiger partial charge < -0.3 is 4.42 Å². The first-order valence-electron chi connectivity index (χ1n) is 4.78. The Morgan fingerprint density at radius 1 is 1.35 bits per heavy atom. The fraction of sp³-hybridized carbons (Fsp3) is 0.100. The second kappa shape index (κ2) is 3.62. The fourth-order valence-corrected chi connectivity index (χ4v) is 1.54. The molecule has 0 spiro atoms. The molecule has 0 N–H and O–H groups in total. The number of rotatable bonds is 2.